The van der Waals surface area contributed by atoms with Gasteiger partial charge in [0.2, 0.25) is 0 Å². The molecule has 48 heavy (non-hydrogen) atoms. The summed E-state index contributed by atoms with van der Waals surface area (Å²) in [4.78, 5) is 29.0. The Labute approximate surface area is 274 Å². The smallest absolute Gasteiger partial charge is 0.419 e. The molecule has 3 N–H and O–H groups in total. The van der Waals surface area contributed by atoms with Crippen molar-refractivity contribution in [3.8, 4) is 5.75 Å². The summed E-state index contributed by atoms with van der Waals surface area (Å²) >= 11 is 0.584. The van der Waals surface area contributed by atoms with E-state index in [4.69, 9.17) is 4.74 Å². The number of benzene rings is 3. The van der Waals surface area contributed by atoms with E-state index in [9.17, 15) is 45.4 Å². The minimum absolute atomic E-state index is 0.0337. The minimum Gasteiger partial charge on any atom is -0.496 e. The van der Waals surface area contributed by atoms with Crippen molar-refractivity contribution in [1.82, 2.24) is 0 Å². The van der Waals surface area contributed by atoms with Crippen LogP contribution in [0.1, 0.15) is 57.8 Å². The molecular weight excluding hydrogens is 667 g/mol. The molecule has 0 aliphatic carbocycles. The van der Waals surface area contributed by atoms with Crippen LogP contribution in [0.15, 0.2) is 54.6 Å². The summed E-state index contributed by atoms with van der Waals surface area (Å²) in [5.74, 6) is -3.28. The molecule has 1 aliphatic rings. The van der Waals surface area contributed by atoms with E-state index in [0.29, 0.717) is 42.2 Å². The van der Waals surface area contributed by atoms with E-state index in [1.54, 1.807) is 32.0 Å². The zero-order valence-corrected chi connectivity index (χ0v) is 26.6. The quantitative estimate of drug-likeness (QED) is 0.168. The van der Waals surface area contributed by atoms with Gasteiger partial charge in [-0.1, -0.05) is 6.07 Å². The Morgan fingerprint density at radius 2 is 1.67 bits per heavy atom. The number of hydrogen-bond donors (Lipinski definition) is 3. The van der Waals surface area contributed by atoms with Gasteiger partial charge in [-0.2, -0.15) is 26.3 Å². The van der Waals surface area contributed by atoms with Crippen molar-refractivity contribution in [2.75, 3.05) is 35.7 Å². The molecule has 2 heterocycles. The zero-order chi connectivity index (χ0) is 35.2. The summed E-state index contributed by atoms with van der Waals surface area (Å²) in [6.07, 6.45) is -8.18. The fraction of sp³-hybridized carbons (Fsp3) is 0.333. The number of rotatable bonds is 7. The first kappa shape index (κ1) is 35.0. The number of ether oxygens (including phenoxy) is 1. The Bertz CT molecular complexity index is 1860. The summed E-state index contributed by atoms with van der Waals surface area (Å²) in [5.41, 5.74) is -3.52. The maximum absolute atomic E-state index is 13.9. The second-order valence-electron chi connectivity index (χ2n) is 11.9. The number of nitrogens with one attached hydrogen (secondary N) is 2. The van der Waals surface area contributed by atoms with Crippen LogP contribution in [-0.2, 0) is 12.4 Å². The highest BCUT2D eigenvalue weighted by Gasteiger charge is 2.36. The van der Waals surface area contributed by atoms with Crippen LogP contribution < -0.4 is 20.3 Å². The zero-order valence-electron chi connectivity index (χ0n) is 25.8. The second-order valence-corrected chi connectivity index (χ2v) is 13.0. The van der Waals surface area contributed by atoms with Gasteiger partial charge in [0.05, 0.1) is 35.1 Å². The standard InChI is InChI=1S/C33H30F7N3O4S/c1-31(2,46)18-5-4-12-43(16-18)20-8-11-25(47-3)22(15-20)29(44)42-27-21-9-6-17(32(35,36)37)13-26(21)48-28(27)30(45)41-19-7-10-24(34)23(14-19)33(38,39)40/h6-11,13-15,18,46H,4-5,12,16H2,1-3H3,(H,41,45)(H,42,44). The number of hydrogen-bond acceptors (Lipinski definition) is 6. The monoisotopic (exact) mass is 697 g/mol. The number of nitrogens with zero attached hydrogens (tertiary/aromatic N) is 1. The topological polar surface area (TPSA) is 90.9 Å². The van der Waals surface area contributed by atoms with Gasteiger partial charge < -0.3 is 25.4 Å². The third-order valence-electron chi connectivity index (χ3n) is 8.21. The van der Waals surface area contributed by atoms with Crippen molar-refractivity contribution in [2.24, 2.45) is 5.92 Å². The van der Waals surface area contributed by atoms with E-state index >= 15 is 0 Å². The fourth-order valence-corrected chi connectivity index (χ4v) is 6.70. The molecule has 5 rings (SSSR count). The predicted molar refractivity (Wildman–Crippen MR) is 168 cm³/mol. The first-order valence-corrected chi connectivity index (χ1v) is 15.5. The molecule has 1 atom stereocenters. The number of methoxy groups -OCH3 is 1. The van der Waals surface area contributed by atoms with Gasteiger partial charge in [-0.05, 0) is 75.2 Å². The Hall–Kier alpha value is -4.37. The molecule has 1 saturated heterocycles. The number of fused-ring (bicyclic) bond motifs is 1. The number of carbonyl (C=O) groups excluding carboxylic acids is 2. The number of alkyl halides is 6. The SMILES string of the molecule is COc1ccc(N2CCCC(C(C)(C)O)C2)cc1C(=O)Nc1c(C(=O)Nc2ccc(F)c(C(F)(F)F)c2)sc2cc(C(F)(F)F)ccc12. The number of thiophene rings is 1. The lowest BCUT2D eigenvalue weighted by Crippen LogP contribution is -2.44. The van der Waals surface area contributed by atoms with Crippen molar-refractivity contribution in [3.05, 3.63) is 82.0 Å². The molecule has 1 unspecified atom stereocenters. The van der Waals surface area contributed by atoms with Crippen LogP contribution in [-0.4, -0.2) is 42.7 Å². The largest absolute Gasteiger partial charge is 0.496 e. The van der Waals surface area contributed by atoms with Gasteiger partial charge in [-0.3, -0.25) is 9.59 Å². The summed E-state index contributed by atoms with van der Waals surface area (Å²) in [5, 5.41) is 15.5. The third-order valence-corrected chi connectivity index (χ3v) is 9.36. The Kier molecular flexibility index (Phi) is 9.40. The van der Waals surface area contributed by atoms with Crippen molar-refractivity contribution < 1.29 is 50.2 Å². The number of halogens is 7. The van der Waals surface area contributed by atoms with Gasteiger partial charge in [0.15, 0.2) is 0 Å². The molecule has 15 heteroatoms. The van der Waals surface area contributed by atoms with Crippen LogP contribution in [0.3, 0.4) is 0 Å². The first-order chi connectivity index (χ1) is 22.4. The van der Waals surface area contributed by atoms with Crippen molar-refractivity contribution >= 4 is 50.3 Å². The highest BCUT2D eigenvalue weighted by atomic mass is 32.1. The summed E-state index contributed by atoms with van der Waals surface area (Å²) in [6.45, 7) is 4.63. The lowest BCUT2D eigenvalue weighted by atomic mass is 9.84. The van der Waals surface area contributed by atoms with Crippen LogP contribution in [0.4, 0.5) is 47.8 Å². The predicted octanol–water partition coefficient (Wildman–Crippen LogP) is 8.58. The van der Waals surface area contributed by atoms with Gasteiger partial charge in [0, 0.05) is 40.5 Å². The number of piperidine rings is 1. The van der Waals surface area contributed by atoms with E-state index < -0.39 is 52.4 Å². The molecule has 256 valence electrons. The molecule has 4 aromatic rings. The normalized spacial score (nSPS) is 15.8. The molecule has 7 nitrogen and oxygen atoms in total. The van der Waals surface area contributed by atoms with E-state index in [-0.39, 0.29) is 37.9 Å². The van der Waals surface area contributed by atoms with Crippen LogP contribution in [0.2, 0.25) is 0 Å². The highest BCUT2D eigenvalue weighted by Crippen LogP contribution is 2.41. The first-order valence-electron chi connectivity index (χ1n) is 14.7. The maximum atomic E-state index is 13.9. The molecule has 0 bridgehead atoms. The molecule has 1 fully saturated rings. The van der Waals surface area contributed by atoms with Gasteiger partial charge >= 0.3 is 12.4 Å². The number of aliphatic hydroxyl groups is 1. The highest BCUT2D eigenvalue weighted by molar-refractivity contribution is 7.21. The minimum atomic E-state index is -5.06. The molecule has 1 aromatic heterocycles. The van der Waals surface area contributed by atoms with E-state index in [2.05, 4.69) is 10.6 Å². The van der Waals surface area contributed by atoms with Gasteiger partial charge in [-0.15, -0.1) is 11.3 Å². The number of amides is 2. The fourth-order valence-electron chi connectivity index (χ4n) is 5.60. The van der Waals surface area contributed by atoms with Crippen LogP contribution >= 0.6 is 11.3 Å². The average Bonchev–Trinajstić information content (AvgIpc) is 3.38. The molecule has 2 amide bonds. The van der Waals surface area contributed by atoms with Gasteiger partial charge in [0.25, 0.3) is 11.8 Å². The maximum Gasteiger partial charge on any atom is 0.419 e. The average molecular weight is 698 g/mol. The summed E-state index contributed by atoms with van der Waals surface area (Å²) in [7, 11) is 1.34. The Balaban J connectivity index is 1.53. The summed E-state index contributed by atoms with van der Waals surface area (Å²) < 4.78 is 99.7. The summed E-state index contributed by atoms with van der Waals surface area (Å²) in [6, 6.07) is 9.34. The molecule has 0 spiro atoms. The Morgan fingerprint density at radius 3 is 2.31 bits per heavy atom. The lowest BCUT2D eigenvalue weighted by molar-refractivity contribution is -0.140. The molecule has 1 aliphatic heterocycles. The van der Waals surface area contributed by atoms with Crippen LogP contribution in [0.5, 0.6) is 5.75 Å². The van der Waals surface area contributed by atoms with Gasteiger partial charge in [-0.25, -0.2) is 4.39 Å². The van der Waals surface area contributed by atoms with Gasteiger partial charge in [0.1, 0.15) is 16.4 Å². The number of carbonyl (C=O) groups is 2. The van der Waals surface area contributed by atoms with Crippen LogP contribution in [0, 0.1) is 11.7 Å². The third kappa shape index (κ3) is 7.36. The lowest BCUT2D eigenvalue weighted by Gasteiger charge is -2.40. The van der Waals surface area contributed by atoms with Crippen molar-refractivity contribution in [1.29, 1.82) is 0 Å². The molecule has 0 saturated carbocycles. The second kappa shape index (κ2) is 12.9. The van der Waals surface area contributed by atoms with E-state index in [1.165, 1.54) is 7.11 Å². The molecule has 3 aromatic carbocycles. The van der Waals surface area contributed by atoms with E-state index in [1.807, 2.05) is 4.90 Å². The molecule has 0 radical (unpaired) electrons. The Morgan fingerprint density at radius 1 is 0.938 bits per heavy atom. The number of anilines is 3. The molecular formula is C33H30F7N3O4S. The van der Waals surface area contributed by atoms with Crippen LogP contribution in [0.25, 0.3) is 10.1 Å². The van der Waals surface area contributed by atoms with Crippen molar-refractivity contribution in [2.45, 2.75) is 44.6 Å². The van der Waals surface area contributed by atoms with E-state index in [0.717, 1.165) is 37.1 Å². The van der Waals surface area contributed by atoms with Crippen molar-refractivity contribution in [3.63, 3.8) is 0 Å².